The molecule has 0 bridgehead atoms. The maximum Gasteiger partial charge on any atom is 0.0951 e. The van der Waals surface area contributed by atoms with E-state index in [1.165, 1.54) is 5.69 Å². The van der Waals surface area contributed by atoms with Gasteiger partial charge in [-0.15, -0.1) is 0 Å². The summed E-state index contributed by atoms with van der Waals surface area (Å²) in [4.78, 5) is 4.10. The van der Waals surface area contributed by atoms with Gasteiger partial charge in [0.05, 0.1) is 19.0 Å². The van der Waals surface area contributed by atoms with Crippen LogP contribution in [0.1, 0.15) is 18.7 Å². The Bertz CT molecular complexity index is 247. The fourth-order valence-corrected chi connectivity index (χ4v) is 1.39. The van der Waals surface area contributed by atoms with Crippen molar-refractivity contribution < 1.29 is 4.74 Å². The van der Waals surface area contributed by atoms with E-state index in [0.717, 1.165) is 6.42 Å². The minimum absolute atomic E-state index is 0.328. The van der Waals surface area contributed by atoms with E-state index < -0.39 is 0 Å². The zero-order valence-electron chi connectivity index (χ0n) is 8.23. The van der Waals surface area contributed by atoms with Gasteiger partial charge in [0.25, 0.3) is 0 Å². The Kier molecular flexibility index (Phi) is 3.92. The van der Waals surface area contributed by atoms with Crippen LogP contribution < -0.4 is 5.73 Å². The number of imidazole rings is 1. The van der Waals surface area contributed by atoms with Gasteiger partial charge in [-0.05, 0) is 13.5 Å². The summed E-state index contributed by atoms with van der Waals surface area (Å²) in [6, 6.07) is 0.328. The SMILES string of the molecule is COCC(C)n1cncc1CCN. The second-order valence-corrected chi connectivity index (χ2v) is 3.14. The van der Waals surface area contributed by atoms with Gasteiger partial charge in [-0.25, -0.2) is 4.98 Å². The van der Waals surface area contributed by atoms with E-state index in [9.17, 15) is 0 Å². The van der Waals surface area contributed by atoms with Crippen LogP contribution in [0.3, 0.4) is 0 Å². The number of aromatic nitrogens is 2. The van der Waals surface area contributed by atoms with E-state index in [-0.39, 0.29) is 0 Å². The number of nitrogens with zero attached hydrogens (tertiary/aromatic N) is 2. The van der Waals surface area contributed by atoms with E-state index >= 15 is 0 Å². The van der Waals surface area contributed by atoms with Crippen LogP contribution in [0.15, 0.2) is 12.5 Å². The smallest absolute Gasteiger partial charge is 0.0951 e. The van der Waals surface area contributed by atoms with Crippen molar-refractivity contribution in [1.29, 1.82) is 0 Å². The molecular weight excluding hydrogens is 166 g/mol. The molecule has 0 saturated carbocycles. The first kappa shape index (κ1) is 10.2. The van der Waals surface area contributed by atoms with Gasteiger partial charge in [-0.2, -0.15) is 0 Å². The van der Waals surface area contributed by atoms with E-state index in [1.807, 2.05) is 12.5 Å². The first-order valence-electron chi connectivity index (χ1n) is 4.49. The molecule has 0 saturated heterocycles. The van der Waals surface area contributed by atoms with Crippen molar-refractivity contribution in [2.75, 3.05) is 20.3 Å². The lowest BCUT2D eigenvalue weighted by Gasteiger charge is -2.14. The third kappa shape index (κ3) is 2.54. The molecule has 0 fully saturated rings. The maximum atomic E-state index is 5.49. The molecule has 13 heavy (non-hydrogen) atoms. The molecule has 1 atom stereocenters. The summed E-state index contributed by atoms with van der Waals surface area (Å²) in [7, 11) is 1.70. The average molecular weight is 183 g/mol. The van der Waals surface area contributed by atoms with E-state index in [2.05, 4.69) is 16.5 Å². The summed E-state index contributed by atoms with van der Waals surface area (Å²) >= 11 is 0. The van der Waals surface area contributed by atoms with Crippen LogP contribution in [0.2, 0.25) is 0 Å². The largest absolute Gasteiger partial charge is 0.383 e. The summed E-state index contributed by atoms with van der Waals surface area (Å²) in [5, 5.41) is 0. The quantitative estimate of drug-likeness (QED) is 0.727. The lowest BCUT2D eigenvalue weighted by atomic mass is 10.3. The van der Waals surface area contributed by atoms with Crippen LogP contribution in [-0.2, 0) is 11.2 Å². The molecule has 0 spiro atoms. The molecule has 0 aliphatic carbocycles. The van der Waals surface area contributed by atoms with Crippen LogP contribution in [0, 0.1) is 0 Å². The van der Waals surface area contributed by atoms with Crippen molar-refractivity contribution in [3.05, 3.63) is 18.2 Å². The van der Waals surface area contributed by atoms with Crippen LogP contribution in [0.5, 0.6) is 0 Å². The van der Waals surface area contributed by atoms with E-state index in [1.54, 1.807) is 7.11 Å². The molecule has 0 aliphatic rings. The molecule has 4 nitrogen and oxygen atoms in total. The second kappa shape index (κ2) is 4.99. The molecule has 2 N–H and O–H groups in total. The van der Waals surface area contributed by atoms with Gasteiger partial charge in [0, 0.05) is 25.4 Å². The molecular formula is C9H17N3O. The molecule has 1 heterocycles. The standard InChI is InChI=1S/C9H17N3O/c1-8(6-13-2)12-7-11-5-9(12)3-4-10/h5,7-8H,3-4,6,10H2,1-2H3. The van der Waals surface area contributed by atoms with Crippen molar-refractivity contribution >= 4 is 0 Å². The molecule has 74 valence electrons. The lowest BCUT2D eigenvalue weighted by molar-refractivity contribution is 0.161. The Morgan fingerprint density at radius 1 is 1.69 bits per heavy atom. The third-order valence-electron chi connectivity index (χ3n) is 2.03. The van der Waals surface area contributed by atoms with E-state index in [0.29, 0.717) is 19.2 Å². The highest BCUT2D eigenvalue weighted by Gasteiger charge is 2.07. The van der Waals surface area contributed by atoms with Gasteiger partial charge >= 0.3 is 0 Å². The van der Waals surface area contributed by atoms with Crippen LogP contribution in [-0.4, -0.2) is 29.8 Å². The first-order valence-corrected chi connectivity index (χ1v) is 4.49. The molecule has 0 radical (unpaired) electrons. The number of nitrogens with two attached hydrogens (primary N) is 1. The van der Waals surface area contributed by atoms with Gasteiger partial charge in [0.1, 0.15) is 0 Å². The van der Waals surface area contributed by atoms with Crippen LogP contribution in [0.4, 0.5) is 0 Å². The minimum Gasteiger partial charge on any atom is -0.383 e. The molecule has 0 aromatic carbocycles. The van der Waals surface area contributed by atoms with Crippen LogP contribution >= 0.6 is 0 Å². The summed E-state index contributed by atoms with van der Waals surface area (Å²) in [5.74, 6) is 0. The highest BCUT2D eigenvalue weighted by atomic mass is 16.5. The fourth-order valence-electron chi connectivity index (χ4n) is 1.39. The summed E-state index contributed by atoms with van der Waals surface area (Å²) in [5.41, 5.74) is 6.66. The van der Waals surface area contributed by atoms with Crippen molar-refractivity contribution in [2.45, 2.75) is 19.4 Å². The highest BCUT2D eigenvalue weighted by molar-refractivity contribution is 5.00. The zero-order valence-corrected chi connectivity index (χ0v) is 8.23. The Morgan fingerprint density at radius 2 is 2.46 bits per heavy atom. The van der Waals surface area contributed by atoms with Crippen molar-refractivity contribution in [3.8, 4) is 0 Å². The van der Waals surface area contributed by atoms with Crippen LogP contribution in [0.25, 0.3) is 0 Å². The number of rotatable bonds is 5. The molecule has 1 aromatic rings. The predicted molar refractivity (Wildman–Crippen MR) is 51.6 cm³/mol. The number of ether oxygens (including phenoxy) is 1. The Balaban J connectivity index is 2.68. The predicted octanol–water partition coefficient (Wildman–Crippen LogP) is 0.592. The second-order valence-electron chi connectivity index (χ2n) is 3.14. The van der Waals surface area contributed by atoms with Gasteiger partial charge in [0.15, 0.2) is 0 Å². The topological polar surface area (TPSA) is 53.1 Å². The average Bonchev–Trinajstić information content (AvgIpc) is 2.54. The fraction of sp³-hybridized carbons (Fsp3) is 0.667. The highest BCUT2D eigenvalue weighted by Crippen LogP contribution is 2.10. The Hall–Kier alpha value is -0.870. The lowest BCUT2D eigenvalue weighted by Crippen LogP contribution is -2.15. The molecule has 0 aliphatic heterocycles. The third-order valence-corrected chi connectivity index (χ3v) is 2.03. The molecule has 0 amide bonds. The normalized spacial score (nSPS) is 13.2. The number of methoxy groups -OCH3 is 1. The first-order chi connectivity index (χ1) is 6.29. The Labute approximate surface area is 78.7 Å². The molecule has 1 unspecified atom stereocenters. The molecule has 1 rings (SSSR count). The van der Waals surface area contributed by atoms with Gasteiger partial charge < -0.3 is 15.0 Å². The van der Waals surface area contributed by atoms with Crippen molar-refractivity contribution in [2.24, 2.45) is 5.73 Å². The van der Waals surface area contributed by atoms with E-state index in [4.69, 9.17) is 10.5 Å². The Morgan fingerprint density at radius 3 is 3.08 bits per heavy atom. The number of hydrogen-bond donors (Lipinski definition) is 1. The minimum atomic E-state index is 0.328. The maximum absolute atomic E-state index is 5.49. The summed E-state index contributed by atoms with van der Waals surface area (Å²) in [6.45, 7) is 3.46. The van der Waals surface area contributed by atoms with Gasteiger partial charge in [-0.1, -0.05) is 0 Å². The van der Waals surface area contributed by atoms with Gasteiger partial charge in [-0.3, -0.25) is 0 Å². The molecule has 1 aromatic heterocycles. The van der Waals surface area contributed by atoms with Crippen molar-refractivity contribution in [1.82, 2.24) is 9.55 Å². The summed E-state index contributed by atoms with van der Waals surface area (Å²) in [6.07, 6.45) is 4.56. The number of hydrogen-bond acceptors (Lipinski definition) is 3. The van der Waals surface area contributed by atoms with Gasteiger partial charge in [0.2, 0.25) is 0 Å². The van der Waals surface area contributed by atoms with Crippen molar-refractivity contribution in [3.63, 3.8) is 0 Å². The zero-order chi connectivity index (χ0) is 9.68. The monoisotopic (exact) mass is 183 g/mol. The summed E-state index contributed by atoms with van der Waals surface area (Å²) < 4.78 is 7.19. The molecule has 4 heteroatoms.